The largest absolute Gasteiger partial charge is 0.0843 e. The summed E-state index contributed by atoms with van der Waals surface area (Å²) in [4.78, 5) is 0. The van der Waals surface area contributed by atoms with E-state index in [1.54, 1.807) is 0 Å². The van der Waals surface area contributed by atoms with Crippen LogP contribution in [0.3, 0.4) is 0 Å². The first kappa shape index (κ1) is 23.3. The molecule has 0 fully saturated rings. The summed E-state index contributed by atoms with van der Waals surface area (Å²) in [6, 6.07) is 39.0. The van der Waals surface area contributed by atoms with Crippen molar-refractivity contribution in [2.24, 2.45) is 0 Å². The average Bonchev–Trinajstić information content (AvgIpc) is 2.94. The summed E-state index contributed by atoms with van der Waals surface area (Å²) in [5.41, 5.74) is 13.3. The van der Waals surface area contributed by atoms with E-state index in [0.29, 0.717) is 0 Å². The number of fused-ring (bicyclic) bond motifs is 1. The first-order chi connectivity index (χ1) is 17.7. The van der Waals surface area contributed by atoms with Gasteiger partial charge in [0, 0.05) is 9.50 Å². The van der Waals surface area contributed by atoms with Gasteiger partial charge in [-0.3, -0.25) is 0 Å². The monoisotopic (exact) mass is 548 g/mol. The normalized spacial score (nSPS) is 12.8. The van der Waals surface area contributed by atoms with Gasteiger partial charge in [-0.05, 0) is 106 Å². The predicted octanol–water partition coefficient (Wildman–Crippen LogP) is 10.6. The van der Waals surface area contributed by atoms with Gasteiger partial charge in [-0.25, -0.2) is 0 Å². The Labute approximate surface area is 226 Å². The summed E-state index contributed by atoms with van der Waals surface area (Å²) in [5.74, 6) is 0. The number of hydrogen-bond donors (Lipinski definition) is 0. The lowest BCUT2D eigenvalue weighted by Gasteiger charge is -2.30. The van der Waals surface area contributed by atoms with E-state index >= 15 is 0 Å². The first-order valence-corrected chi connectivity index (χ1v) is 13.7. The Bertz CT molecular complexity index is 1380. The lowest BCUT2D eigenvalue weighted by atomic mass is 9.73. The Morgan fingerprint density at radius 3 is 1.28 bits per heavy atom. The van der Waals surface area contributed by atoms with Gasteiger partial charge < -0.3 is 0 Å². The molecular weight excluding hydrogens is 524 g/mol. The van der Waals surface area contributed by atoms with E-state index in [9.17, 15) is 0 Å². The minimum Gasteiger partial charge on any atom is -0.0843 e. The van der Waals surface area contributed by atoms with Crippen molar-refractivity contribution in [1.29, 1.82) is 0 Å². The van der Waals surface area contributed by atoms with Crippen LogP contribution < -0.4 is 0 Å². The summed E-state index contributed by atoms with van der Waals surface area (Å²) in [7, 11) is 0. The van der Waals surface area contributed by atoms with E-state index in [4.69, 9.17) is 11.6 Å². The van der Waals surface area contributed by atoms with Crippen molar-refractivity contribution in [3.05, 3.63) is 130 Å². The SMILES string of the molecule is Clc1ccc(-c2c(-c3ccccc3)c3c(c(-c4ccccc4)c2-c2ccc(Br)cc2)CCCC3)cc1. The van der Waals surface area contributed by atoms with E-state index in [2.05, 4.69) is 113 Å². The summed E-state index contributed by atoms with van der Waals surface area (Å²) >= 11 is 10.0. The molecule has 5 aromatic carbocycles. The van der Waals surface area contributed by atoms with Gasteiger partial charge in [0.1, 0.15) is 0 Å². The maximum Gasteiger partial charge on any atom is 0.0406 e. The van der Waals surface area contributed by atoms with E-state index in [1.807, 2.05) is 12.1 Å². The van der Waals surface area contributed by atoms with E-state index in [-0.39, 0.29) is 0 Å². The van der Waals surface area contributed by atoms with Crippen molar-refractivity contribution in [3.63, 3.8) is 0 Å². The highest BCUT2D eigenvalue weighted by atomic mass is 79.9. The minimum absolute atomic E-state index is 0.756. The van der Waals surface area contributed by atoms with Gasteiger partial charge in [0.05, 0.1) is 0 Å². The van der Waals surface area contributed by atoms with Crippen LogP contribution in [0.25, 0.3) is 44.5 Å². The Balaban J connectivity index is 1.83. The molecule has 0 aromatic heterocycles. The summed E-state index contributed by atoms with van der Waals surface area (Å²) in [6.45, 7) is 0. The molecule has 0 amide bonds. The van der Waals surface area contributed by atoms with Gasteiger partial charge in [0.25, 0.3) is 0 Å². The lowest BCUT2D eigenvalue weighted by Crippen LogP contribution is -2.10. The molecule has 0 N–H and O–H groups in total. The topological polar surface area (TPSA) is 0 Å². The predicted molar refractivity (Wildman–Crippen MR) is 158 cm³/mol. The van der Waals surface area contributed by atoms with Crippen LogP contribution >= 0.6 is 27.5 Å². The third kappa shape index (κ3) is 4.32. The van der Waals surface area contributed by atoms with Crippen molar-refractivity contribution >= 4 is 27.5 Å². The van der Waals surface area contributed by atoms with Gasteiger partial charge >= 0.3 is 0 Å². The van der Waals surface area contributed by atoms with Crippen LogP contribution in [0.5, 0.6) is 0 Å². The van der Waals surface area contributed by atoms with Crippen LogP contribution in [0.4, 0.5) is 0 Å². The van der Waals surface area contributed by atoms with Gasteiger partial charge in [-0.2, -0.15) is 0 Å². The Morgan fingerprint density at radius 2 is 0.833 bits per heavy atom. The molecule has 6 rings (SSSR count). The van der Waals surface area contributed by atoms with Crippen molar-refractivity contribution in [1.82, 2.24) is 0 Å². The number of benzene rings is 5. The van der Waals surface area contributed by atoms with Crippen LogP contribution in [0, 0.1) is 0 Å². The Kier molecular flexibility index (Phi) is 6.52. The van der Waals surface area contributed by atoms with Crippen molar-refractivity contribution < 1.29 is 0 Å². The van der Waals surface area contributed by atoms with Crippen LogP contribution in [-0.2, 0) is 12.8 Å². The summed E-state index contributed by atoms with van der Waals surface area (Å²) < 4.78 is 1.08. The van der Waals surface area contributed by atoms with E-state index < -0.39 is 0 Å². The third-order valence-electron chi connectivity index (χ3n) is 7.21. The molecule has 5 aromatic rings. The highest BCUT2D eigenvalue weighted by molar-refractivity contribution is 9.10. The van der Waals surface area contributed by atoms with Gasteiger partial charge in [0.2, 0.25) is 0 Å². The minimum atomic E-state index is 0.756. The Morgan fingerprint density at radius 1 is 0.444 bits per heavy atom. The standard InChI is InChI=1S/C34H26BrCl/c35-27-19-15-25(16-20-27)33-31(23-9-3-1-4-10-23)29-13-7-8-14-30(29)32(24-11-5-2-6-12-24)34(33)26-17-21-28(36)22-18-26/h1-6,9-12,15-22H,7-8,13-14H2. The first-order valence-electron chi connectivity index (χ1n) is 12.5. The van der Waals surface area contributed by atoms with Crippen LogP contribution in [-0.4, -0.2) is 0 Å². The highest BCUT2D eigenvalue weighted by Gasteiger charge is 2.28. The molecule has 2 heteroatoms. The fourth-order valence-corrected chi connectivity index (χ4v) is 6.06. The second-order valence-electron chi connectivity index (χ2n) is 9.41. The smallest absolute Gasteiger partial charge is 0.0406 e. The molecule has 1 aliphatic rings. The van der Waals surface area contributed by atoms with Gasteiger partial charge in [0.15, 0.2) is 0 Å². The maximum absolute atomic E-state index is 6.37. The Hall–Kier alpha value is -3.13. The van der Waals surface area contributed by atoms with Crippen molar-refractivity contribution in [3.8, 4) is 44.5 Å². The molecule has 0 radical (unpaired) electrons. The lowest BCUT2D eigenvalue weighted by molar-refractivity contribution is 0.688. The molecule has 0 atom stereocenters. The molecule has 0 aliphatic heterocycles. The molecule has 1 aliphatic carbocycles. The quantitative estimate of drug-likeness (QED) is 0.209. The molecule has 36 heavy (non-hydrogen) atoms. The average molecular weight is 550 g/mol. The van der Waals surface area contributed by atoms with Crippen LogP contribution in [0.1, 0.15) is 24.0 Å². The van der Waals surface area contributed by atoms with Gasteiger partial charge in [-0.15, -0.1) is 0 Å². The fourth-order valence-electron chi connectivity index (χ4n) is 5.67. The second kappa shape index (κ2) is 10.1. The summed E-state index contributed by atoms with van der Waals surface area (Å²) in [6.07, 6.45) is 4.64. The molecule has 0 saturated carbocycles. The molecule has 176 valence electrons. The zero-order valence-corrected chi connectivity index (χ0v) is 22.3. The number of hydrogen-bond acceptors (Lipinski definition) is 0. The zero-order valence-electron chi connectivity index (χ0n) is 20.0. The van der Waals surface area contributed by atoms with Crippen molar-refractivity contribution in [2.75, 3.05) is 0 Å². The molecular formula is C34H26BrCl. The molecule has 0 unspecified atom stereocenters. The molecule has 0 spiro atoms. The maximum atomic E-state index is 6.37. The molecule has 0 saturated heterocycles. The zero-order chi connectivity index (χ0) is 24.5. The molecule has 0 nitrogen and oxygen atoms in total. The second-order valence-corrected chi connectivity index (χ2v) is 10.8. The molecule has 0 bridgehead atoms. The van der Waals surface area contributed by atoms with Crippen LogP contribution in [0.15, 0.2) is 114 Å². The third-order valence-corrected chi connectivity index (χ3v) is 7.99. The van der Waals surface area contributed by atoms with Crippen molar-refractivity contribution in [2.45, 2.75) is 25.7 Å². The molecule has 0 heterocycles. The van der Waals surface area contributed by atoms with E-state index in [1.165, 1.54) is 68.5 Å². The highest BCUT2D eigenvalue weighted by Crippen LogP contribution is 2.51. The van der Waals surface area contributed by atoms with E-state index in [0.717, 1.165) is 22.3 Å². The number of rotatable bonds is 4. The fraction of sp³-hybridized carbons (Fsp3) is 0.118. The number of halogens is 2. The van der Waals surface area contributed by atoms with Crippen LogP contribution in [0.2, 0.25) is 5.02 Å². The summed E-state index contributed by atoms with van der Waals surface area (Å²) in [5, 5.41) is 0.756. The van der Waals surface area contributed by atoms with Gasteiger partial charge in [-0.1, -0.05) is 112 Å².